The number of benzene rings is 1. The molecule has 6 heteroatoms. The molecule has 0 aliphatic heterocycles. The maximum atomic E-state index is 12.9. The van der Waals surface area contributed by atoms with E-state index in [-0.39, 0.29) is 11.5 Å². The molecule has 0 aliphatic carbocycles. The van der Waals surface area contributed by atoms with E-state index in [2.05, 4.69) is 0 Å². The van der Waals surface area contributed by atoms with Crippen LogP contribution in [0, 0.1) is 5.41 Å². The van der Waals surface area contributed by atoms with Crippen molar-refractivity contribution in [1.29, 1.82) is 0 Å². The van der Waals surface area contributed by atoms with Gasteiger partial charge in [-0.3, -0.25) is 4.79 Å². The number of ether oxygens (including phenoxy) is 1. The fraction of sp³-hybridized carbons (Fsp3) is 0.611. The summed E-state index contributed by atoms with van der Waals surface area (Å²) in [5.74, 6) is -0.374. The van der Waals surface area contributed by atoms with Crippen LogP contribution in [-0.2, 0) is 20.7 Å². The summed E-state index contributed by atoms with van der Waals surface area (Å²) in [6.45, 7) is 9.48. The van der Waals surface area contributed by atoms with E-state index in [1.165, 1.54) is 24.3 Å². The number of hydrogen-bond donors (Lipinski definition) is 1. The zero-order chi connectivity index (χ0) is 19.0. The predicted molar refractivity (Wildman–Crippen MR) is 85.3 cm³/mol. The number of carbonyl (C=O) groups is 1. The lowest BCUT2D eigenvalue weighted by atomic mass is 9.88. The number of carbonyl (C=O) groups excluding carboxylic acids is 1. The quantitative estimate of drug-likeness (QED) is 0.788. The average molecular weight is 346 g/mol. The Hall–Kier alpha value is -1.56. The molecule has 0 saturated carbocycles. The van der Waals surface area contributed by atoms with Crippen LogP contribution in [0.3, 0.4) is 0 Å². The summed E-state index contributed by atoms with van der Waals surface area (Å²) in [4.78, 5) is 12.2. The minimum absolute atomic E-state index is 0.269. The molecule has 1 rings (SSSR count). The summed E-state index contributed by atoms with van der Waals surface area (Å²) in [6, 6.07) is 5.26. The van der Waals surface area contributed by atoms with Gasteiger partial charge in [-0.1, -0.05) is 31.2 Å². The van der Waals surface area contributed by atoms with Crippen molar-refractivity contribution in [2.45, 2.75) is 65.3 Å². The van der Waals surface area contributed by atoms with Gasteiger partial charge in [-0.05, 0) is 52.2 Å². The smallest absolute Gasteiger partial charge is 0.421 e. The number of esters is 1. The summed E-state index contributed by atoms with van der Waals surface area (Å²) in [5, 5.41) is 9.69. The van der Waals surface area contributed by atoms with Gasteiger partial charge >= 0.3 is 12.1 Å². The van der Waals surface area contributed by atoms with Crippen LogP contribution < -0.4 is 0 Å². The van der Waals surface area contributed by atoms with Crippen molar-refractivity contribution in [3.05, 3.63) is 35.4 Å². The lowest BCUT2D eigenvalue weighted by molar-refractivity contribution is -0.258. The third kappa shape index (κ3) is 4.09. The van der Waals surface area contributed by atoms with Gasteiger partial charge in [0.25, 0.3) is 0 Å². The second-order valence-corrected chi connectivity index (χ2v) is 7.28. The molecule has 0 saturated heterocycles. The molecule has 1 N–H and O–H groups in total. The van der Waals surface area contributed by atoms with E-state index in [0.717, 1.165) is 0 Å². The molecule has 0 aliphatic rings. The van der Waals surface area contributed by atoms with Crippen LogP contribution in [-0.4, -0.2) is 17.3 Å². The Bertz CT molecular complexity index is 585. The number of halogens is 3. The van der Waals surface area contributed by atoms with Gasteiger partial charge in [-0.25, -0.2) is 0 Å². The van der Waals surface area contributed by atoms with E-state index in [4.69, 9.17) is 4.74 Å². The molecule has 0 bridgehead atoms. The summed E-state index contributed by atoms with van der Waals surface area (Å²) in [5.41, 5.74) is -4.29. The van der Waals surface area contributed by atoms with E-state index in [1.54, 1.807) is 27.7 Å². The predicted octanol–water partition coefficient (Wildman–Crippen LogP) is 4.67. The van der Waals surface area contributed by atoms with Gasteiger partial charge < -0.3 is 9.84 Å². The molecular formula is C18H25F3O3. The van der Waals surface area contributed by atoms with Crippen molar-refractivity contribution >= 4 is 5.97 Å². The lowest BCUT2D eigenvalue weighted by Crippen LogP contribution is -2.39. The van der Waals surface area contributed by atoms with Crippen LogP contribution >= 0.6 is 0 Å². The summed E-state index contributed by atoms with van der Waals surface area (Å²) < 4.78 is 44.2. The van der Waals surface area contributed by atoms with Gasteiger partial charge in [-0.2, -0.15) is 13.2 Å². The molecule has 0 spiro atoms. The first-order valence-electron chi connectivity index (χ1n) is 7.78. The summed E-state index contributed by atoms with van der Waals surface area (Å²) >= 11 is 0. The molecule has 1 atom stereocenters. The first-order chi connectivity index (χ1) is 10.6. The highest BCUT2D eigenvalue weighted by atomic mass is 19.4. The molecule has 1 aromatic rings. The van der Waals surface area contributed by atoms with E-state index >= 15 is 0 Å². The van der Waals surface area contributed by atoms with E-state index in [9.17, 15) is 23.1 Å². The first-order valence-corrected chi connectivity index (χ1v) is 7.78. The minimum atomic E-state index is -4.78. The van der Waals surface area contributed by atoms with Gasteiger partial charge in [0.05, 0.1) is 5.41 Å². The van der Waals surface area contributed by atoms with Crippen molar-refractivity contribution in [2.24, 2.45) is 5.41 Å². The number of aliphatic hydroxyl groups is 1. The molecule has 1 aromatic carbocycles. The molecule has 0 heterocycles. The fourth-order valence-corrected chi connectivity index (χ4v) is 1.93. The Kier molecular flexibility index (Phi) is 5.45. The van der Waals surface area contributed by atoms with Crippen LogP contribution in [0.4, 0.5) is 13.2 Å². The maximum Gasteiger partial charge on any atom is 0.421 e. The molecule has 0 fully saturated rings. The van der Waals surface area contributed by atoms with Gasteiger partial charge in [0, 0.05) is 0 Å². The molecule has 0 aromatic heterocycles. The molecule has 136 valence electrons. The van der Waals surface area contributed by atoms with E-state index in [0.29, 0.717) is 18.9 Å². The molecule has 1 unspecified atom stereocenters. The second-order valence-electron chi connectivity index (χ2n) is 7.28. The third-order valence-corrected chi connectivity index (χ3v) is 4.48. The minimum Gasteiger partial charge on any atom is -0.454 e. The van der Waals surface area contributed by atoms with Crippen molar-refractivity contribution < 1.29 is 27.8 Å². The number of hydrogen-bond acceptors (Lipinski definition) is 3. The molecule has 0 amide bonds. The van der Waals surface area contributed by atoms with Crippen LogP contribution in [0.15, 0.2) is 24.3 Å². The molecule has 24 heavy (non-hydrogen) atoms. The van der Waals surface area contributed by atoms with Crippen LogP contribution in [0.5, 0.6) is 0 Å². The van der Waals surface area contributed by atoms with Crippen LogP contribution in [0.2, 0.25) is 0 Å². The zero-order valence-electron chi connectivity index (χ0n) is 14.9. The largest absolute Gasteiger partial charge is 0.454 e. The van der Waals surface area contributed by atoms with E-state index in [1.807, 2.05) is 6.92 Å². The zero-order valence-corrected chi connectivity index (χ0v) is 14.9. The van der Waals surface area contributed by atoms with Crippen LogP contribution in [0.1, 0.15) is 59.1 Å². The Morgan fingerprint density at radius 1 is 1.00 bits per heavy atom. The molecular weight excluding hydrogens is 321 g/mol. The Morgan fingerprint density at radius 3 is 1.79 bits per heavy atom. The first kappa shape index (κ1) is 20.5. The normalized spacial score (nSPS) is 15.8. The standard InChI is InChI=1S/C18H25F3O3/c1-7-15(2,3)14(22)24-16(4,5)12-8-10-13(11-9-12)17(6,23)18(19,20)21/h8-11,23H,7H2,1-6H3. The fourth-order valence-electron chi connectivity index (χ4n) is 1.93. The number of alkyl halides is 3. The third-order valence-electron chi connectivity index (χ3n) is 4.48. The lowest BCUT2D eigenvalue weighted by Gasteiger charge is -2.31. The monoisotopic (exact) mass is 346 g/mol. The van der Waals surface area contributed by atoms with Gasteiger partial charge in [0.2, 0.25) is 0 Å². The summed E-state index contributed by atoms with van der Waals surface area (Å²) in [6.07, 6.45) is -4.17. The Morgan fingerprint density at radius 2 is 1.42 bits per heavy atom. The topological polar surface area (TPSA) is 46.5 Å². The van der Waals surface area contributed by atoms with Gasteiger partial charge in [-0.15, -0.1) is 0 Å². The van der Waals surface area contributed by atoms with Gasteiger partial charge in [0.15, 0.2) is 5.60 Å². The van der Waals surface area contributed by atoms with E-state index < -0.39 is 22.8 Å². The highest BCUT2D eigenvalue weighted by molar-refractivity contribution is 5.76. The van der Waals surface area contributed by atoms with Crippen molar-refractivity contribution in [3.63, 3.8) is 0 Å². The molecule has 0 radical (unpaired) electrons. The van der Waals surface area contributed by atoms with Crippen LogP contribution in [0.25, 0.3) is 0 Å². The van der Waals surface area contributed by atoms with Crippen molar-refractivity contribution in [3.8, 4) is 0 Å². The highest BCUT2D eigenvalue weighted by Gasteiger charge is 2.51. The highest BCUT2D eigenvalue weighted by Crippen LogP contribution is 2.39. The van der Waals surface area contributed by atoms with Gasteiger partial charge in [0.1, 0.15) is 5.60 Å². The maximum absolute atomic E-state index is 12.9. The second kappa shape index (κ2) is 6.39. The van der Waals surface area contributed by atoms with Crippen molar-refractivity contribution in [1.82, 2.24) is 0 Å². The number of rotatable bonds is 5. The molecule has 3 nitrogen and oxygen atoms in total. The SMILES string of the molecule is CCC(C)(C)C(=O)OC(C)(C)c1ccc(C(C)(O)C(F)(F)F)cc1. The summed E-state index contributed by atoms with van der Waals surface area (Å²) in [7, 11) is 0. The Labute approximate surface area is 140 Å². The van der Waals surface area contributed by atoms with Crippen molar-refractivity contribution in [2.75, 3.05) is 0 Å². The Balaban J connectivity index is 3.06. The average Bonchev–Trinajstić information content (AvgIpc) is 2.45.